The second-order valence-electron chi connectivity index (χ2n) is 18.5. The minimum absolute atomic E-state index is 0.117. The van der Waals surface area contributed by atoms with Crippen molar-refractivity contribution in [2.24, 2.45) is 22.7 Å². The summed E-state index contributed by atoms with van der Waals surface area (Å²) < 4.78 is 1.38. The van der Waals surface area contributed by atoms with Crippen LogP contribution in [0.15, 0.2) is 155 Å². The first-order valence-electron chi connectivity index (χ1n) is 22.7. The number of benzene rings is 2. The Bertz CT molecular complexity index is 2790. The molecule has 2 nitrogen and oxygen atoms in total. The monoisotopic (exact) mass is 814 g/mol. The Balaban J connectivity index is 0.966. The molecule has 0 saturated carbocycles. The van der Waals surface area contributed by atoms with Crippen LogP contribution in [-0.4, -0.2) is 23.8 Å². The summed E-state index contributed by atoms with van der Waals surface area (Å²) in [4.78, 5) is 9.44. The molecule has 2 heterocycles. The van der Waals surface area contributed by atoms with Crippen LogP contribution in [0, 0.1) is 17.8 Å². The smallest absolute Gasteiger partial charge is 0.147 e. The molecular formula is C58H58N2S. The fraction of sp³-hybridized carbons (Fsp3) is 0.293. The number of likely N-dealkylation sites (N-methyl/N-ethyl adjacent to an activating group) is 1. The van der Waals surface area contributed by atoms with Crippen molar-refractivity contribution in [3.63, 3.8) is 0 Å². The third-order valence-corrected chi connectivity index (χ3v) is 14.8. The highest BCUT2D eigenvalue weighted by Gasteiger charge is 2.38. The summed E-state index contributed by atoms with van der Waals surface area (Å²) in [6, 6.07) is 18.9. The fourth-order valence-electron chi connectivity index (χ4n) is 10.2. The Morgan fingerprint density at radius 1 is 0.869 bits per heavy atom. The molecule has 0 spiro atoms. The molecule has 306 valence electrons. The lowest BCUT2D eigenvalue weighted by Gasteiger charge is -2.36. The van der Waals surface area contributed by atoms with Gasteiger partial charge in [-0.2, -0.15) is 0 Å². The van der Waals surface area contributed by atoms with Crippen LogP contribution in [-0.2, 0) is 0 Å². The molecule has 1 aromatic heterocycles. The van der Waals surface area contributed by atoms with Gasteiger partial charge in [-0.25, -0.2) is 0 Å². The lowest BCUT2D eigenvalue weighted by molar-refractivity contribution is 0.368. The summed E-state index contributed by atoms with van der Waals surface area (Å²) in [5.41, 5.74) is 19.1. The fourth-order valence-corrected chi connectivity index (χ4v) is 11.5. The van der Waals surface area contributed by atoms with Gasteiger partial charge in [-0.15, -0.1) is 11.3 Å². The molecule has 6 aliphatic carbocycles. The Morgan fingerprint density at radius 2 is 1.70 bits per heavy atom. The van der Waals surface area contributed by atoms with E-state index >= 15 is 0 Å². The van der Waals surface area contributed by atoms with E-state index in [1.165, 1.54) is 106 Å². The molecule has 0 saturated heterocycles. The first-order valence-corrected chi connectivity index (χ1v) is 23.5. The molecule has 0 N–H and O–H groups in total. The van der Waals surface area contributed by atoms with Crippen molar-refractivity contribution in [3.05, 3.63) is 193 Å². The molecule has 3 unspecified atom stereocenters. The number of allylic oxidation sites excluding steroid dienone is 19. The second-order valence-corrected chi connectivity index (χ2v) is 19.6. The maximum Gasteiger partial charge on any atom is 0.147 e. The predicted octanol–water partition coefficient (Wildman–Crippen LogP) is 13.6. The highest BCUT2D eigenvalue weighted by atomic mass is 32.1. The lowest BCUT2D eigenvalue weighted by Crippen LogP contribution is -2.39. The number of hydrogen-bond donors (Lipinski definition) is 0. The summed E-state index contributed by atoms with van der Waals surface area (Å²) in [6.07, 6.45) is 45.0. The molecule has 1 aliphatic heterocycles. The largest absolute Gasteiger partial charge is 0.349 e. The van der Waals surface area contributed by atoms with E-state index in [2.05, 4.69) is 185 Å². The Labute approximate surface area is 367 Å². The minimum atomic E-state index is -0.117. The van der Waals surface area contributed by atoms with Gasteiger partial charge in [0.15, 0.2) is 0 Å². The maximum atomic E-state index is 5.55. The standard InChI is InChI=1S/C58H58N2S/c1-37(2)14-6-7-23-48-34-54(47-22-11-16-39(4)31-47)60(5)58(59-48)49-24-8-9-25-55-56(49)53-35-50(51-36-52(51)57(53)61-55)41-28-26-40(27-29-41)43-18-12-20-45(32-43)46-21-13-19-44(33-46)42-17-10-15-38(3)30-42/h6-8,11-14,16,18-22,24-30,33-36,38-39,45,51,58H,9-10,15,17,23,31-32H2,1-5H3/b7-6-/t38-,39+,45?,51?,58?/m0/s1. The minimum Gasteiger partial charge on any atom is -0.349 e. The van der Waals surface area contributed by atoms with Gasteiger partial charge in [0, 0.05) is 62.5 Å². The van der Waals surface area contributed by atoms with Crippen LogP contribution in [0.2, 0.25) is 0 Å². The first-order chi connectivity index (χ1) is 29.8. The van der Waals surface area contributed by atoms with E-state index in [1.807, 2.05) is 11.3 Å². The molecule has 7 aliphatic rings. The summed E-state index contributed by atoms with van der Waals surface area (Å²) in [5.74, 6) is 1.98. The van der Waals surface area contributed by atoms with E-state index in [0.29, 0.717) is 23.7 Å². The van der Waals surface area contributed by atoms with Crippen LogP contribution in [0.5, 0.6) is 0 Å². The normalized spacial score (nSPS) is 25.1. The average Bonchev–Trinajstić information content (AvgIpc) is 4.04. The van der Waals surface area contributed by atoms with Gasteiger partial charge in [0.2, 0.25) is 0 Å². The van der Waals surface area contributed by atoms with Crippen molar-refractivity contribution in [1.29, 1.82) is 0 Å². The van der Waals surface area contributed by atoms with Crippen LogP contribution in [0.4, 0.5) is 0 Å². The number of thiophene rings is 1. The highest BCUT2D eigenvalue weighted by Crippen LogP contribution is 2.53. The number of rotatable bonds is 9. The molecule has 2 aromatic carbocycles. The summed E-state index contributed by atoms with van der Waals surface area (Å²) >= 11 is 1.98. The van der Waals surface area contributed by atoms with Crippen LogP contribution < -0.4 is 9.75 Å². The van der Waals surface area contributed by atoms with Gasteiger partial charge >= 0.3 is 0 Å². The van der Waals surface area contributed by atoms with E-state index in [4.69, 9.17) is 4.99 Å². The van der Waals surface area contributed by atoms with E-state index in [0.717, 1.165) is 31.4 Å². The molecule has 0 radical (unpaired) electrons. The predicted molar refractivity (Wildman–Crippen MR) is 264 cm³/mol. The molecular weight excluding hydrogens is 757 g/mol. The highest BCUT2D eigenvalue weighted by molar-refractivity contribution is 7.11. The van der Waals surface area contributed by atoms with Crippen LogP contribution >= 0.6 is 11.3 Å². The summed E-state index contributed by atoms with van der Waals surface area (Å²) in [7, 11) is 2.25. The zero-order valence-electron chi connectivity index (χ0n) is 36.5. The van der Waals surface area contributed by atoms with Gasteiger partial charge in [0.1, 0.15) is 6.17 Å². The maximum absolute atomic E-state index is 5.55. The second kappa shape index (κ2) is 16.7. The molecule has 0 bridgehead atoms. The van der Waals surface area contributed by atoms with Gasteiger partial charge in [-0.05, 0) is 126 Å². The molecule has 61 heavy (non-hydrogen) atoms. The van der Waals surface area contributed by atoms with E-state index < -0.39 is 0 Å². The van der Waals surface area contributed by atoms with Gasteiger partial charge in [-0.1, -0.05) is 153 Å². The Morgan fingerprint density at radius 3 is 2.54 bits per heavy atom. The van der Waals surface area contributed by atoms with E-state index in [-0.39, 0.29) is 6.17 Å². The molecule has 0 fully saturated rings. The Kier molecular flexibility index (Phi) is 10.9. The van der Waals surface area contributed by atoms with Crippen molar-refractivity contribution >= 4 is 57.1 Å². The quantitative estimate of drug-likeness (QED) is 0.197. The van der Waals surface area contributed by atoms with E-state index in [1.54, 1.807) is 0 Å². The molecule has 0 amide bonds. The SMILES string of the molecule is CC(C)=C/C=C\CC1=NC(C2=c3c4c(sc3=CCC=C2)C2=CC2C(c2ccc(C3=CC=CC(c5cccc(C6=C[C@@H](C)CCC6)c5)C3)cc2)=C4)N(C)C(C2=CC=C[C@@H](C)C2)=C1. The first kappa shape index (κ1) is 39.6. The number of aliphatic imine (C=N–C) groups is 1. The summed E-state index contributed by atoms with van der Waals surface area (Å²) in [6.45, 7) is 8.97. The van der Waals surface area contributed by atoms with Crippen molar-refractivity contribution in [1.82, 2.24) is 4.90 Å². The van der Waals surface area contributed by atoms with Crippen LogP contribution in [0.1, 0.15) is 111 Å². The zero-order chi connectivity index (χ0) is 41.6. The van der Waals surface area contributed by atoms with Crippen LogP contribution in [0.3, 0.4) is 0 Å². The van der Waals surface area contributed by atoms with Gasteiger partial charge in [0.25, 0.3) is 0 Å². The molecule has 5 atom stereocenters. The zero-order valence-corrected chi connectivity index (χ0v) is 37.3. The van der Waals surface area contributed by atoms with Crippen molar-refractivity contribution < 1.29 is 0 Å². The van der Waals surface area contributed by atoms with Crippen LogP contribution in [0.25, 0.3) is 40.0 Å². The van der Waals surface area contributed by atoms with E-state index in [9.17, 15) is 0 Å². The third kappa shape index (κ3) is 8.06. The van der Waals surface area contributed by atoms with Gasteiger partial charge in [-0.3, -0.25) is 4.99 Å². The van der Waals surface area contributed by atoms with Gasteiger partial charge in [0.05, 0.1) is 0 Å². The molecule has 10 rings (SSSR count). The number of fused-ring (bicyclic) bond motifs is 5. The molecule has 3 aromatic rings. The van der Waals surface area contributed by atoms with Crippen molar-refractivity contribution in [2.75, 3.05) is 7.05 Å². The van der Waals surface area contributed by atoms with Crippen molar-refractivity contribution in [3.8, 4) is 0 Å². The van der Waals surface area contributed by atoms with Gasteiger partial charge < -0.3 is 4.90 Å². The third-order valence-electron chi connectivity index (χ3n) is 13.5. The van der Waals surface area contributed by atoms with Crippen molar-refractivity contribution in [2.45, 2.75) is 84.7 Å². The average molecular weight is 815 g/mol. The number of hydrogen-bond acceptors (Lipinski definition) is 3. The lowest BCUT2D eigenvalue weighted by atomic mass is 9.82. The number of nitrogens with zero attached hydrogens (tertiary/aromatic N) is 2. The Hall–Kier alpha value is -5.51. The topological polar surface area (TPSA) is 15.6 Å². The molecule has 3 heteroatoms. The summed E-state index contributed by atoms with van der Waals surface area (Å²) in [5, 5.41) is 1.37.